The number of esters is 1. The first-order valence-corrected chi connectivity index (χ1v) is 16.0. The number of carbonyl (C=O) groups excluding carboxylic acids is 4. The van der Waals surface area contributed by atoms with Crippen LogP contribution < -0.4 is 10.6 Å². The van der Waals surface area contributed by atoms with Gasteiger partial charge < -0.3 is 24.8 Å². The molecule has 42 heavy (non-hydrogen) atoms. The van der Waals surface area contributed by atoms with Crippen LogP contribution >= 0.6 is 11.3 Å². The zero-order chi connectivity index (χ0) is 30.3. The topological polar surface area (TPSA) is 110 Å². The third-order valence-corrected chi connectivity index (χ3v) is 8.57. The largest absolute Gasteiger partial charge is 0.469 e. The summed E-state index contributed by atoms with van der Waals surface area (Å²) in [7, 11) is 1.39. The van der Waals surface area contributed by atoms with Gasteiger partial charge in [0.25, 0.3) is 5.91 Å². The predicted molar refractivity (Wildman–Crippen MR) is 167 cm³/mol. The average molecular weight is 599 g/mol. The molecule has 230 valence electrons. The van der Waals surface area contributed by atoms with Crippen molar-refractivity contribution in [3.05, 3.63) is 46.6 Å². The highest BCUT2D eigenvalue weighted by atomic mass is 32.1. The van der Waals surface area contributed by atoms with Gasteiger partial charge in [-0.25, -0.2) is 0 Å². The van der Waals surface area contributed by atoms with Crippen LogP contribution in [0.1, 0.15) is 95.0 Å². The molecule has 9 nitrogen and oxygen atoms in total. The molecule has 4 rings (SSSR count). The number of nitrogens with zero attached hydrogens (tertiary/aromatic N) is 2. The highest BCUT2D eigenvalue weighted by Crippen LogP contribution is 2.27. The second kappa shape index (κ2) is 17.5. The fourth-order valence-corrected chi connectivity index (χ4v) is 6.24. The molecule has 1 fully saturated rings. The van der Waals surface area contributed by atoms with Crippen molar-refractivity contribution in [3.63, 3.8) is 0 Å². The zero-order valence-electron chi connectivity index (χ0n) is 25.3. The van der Waals surface area contributed by atoms with E-state index in [9.17, 15) is 19.2 Å². The summed E-state index contributed by atoms with van der Waals surface area (Å²) < 4.78 is 7.41. The van der Waals surface area contributed by atoms with Crippen LogP contribution in [0.5, 0.6) is 0 Å². The highest BCUT2D eigenvalue weighted by Gasteiger charge is 2.24. The average Bonchev–Trinajstić information content (AvgIpc) is 3.59. The predicted octanol–water partition coefficient (Wildman–Crippen LogP) is 5.70. The van der Waals surface area contributed by atoms with Gasteiger partial charge in [0.2, 0.25) is 12.3 Å². The van der Waals surface area contributed by atoms with Gasteiger partial charge in [0.1, 0.15) is 12.2 Å². The lowest BCUT2D eigenvalue weighted by Gasteiger charge is -2.26. The first-order chi connectivity index (χ1) is 20.4. The van der Waals surface area contributed by atoms with Gasteiger partial charge in [-0.1, -0.05) is 37.3 Å². The van der Waals surface area contributed by atoms with Crippen molar-refractivity contribution < 1.29 is 23.9 Å². The number of carbonyl (C=O) groups is 4. The van der Waals surface area contributed by atoms with Crippen LogP contribution in [0.2, 0.25) is 0 Å². The summed E-state index contributed by atoms with van der Waals surface area (Å²) in [6, 6.07) is 4.19. The molecule has 2 aliphatic carbocycles. The number of aromatic nitrogens is 1. The second-order valence-electron chi connectivity index (χ2n) is 10.8. The Hall–Kier alpha value is -3.40. The van der Waals surface area contributed by atoms with Gasteiger partial charge >= 0.3 is 5.97 Å². The van der Waals surface area contributed by atoms with E-state index in [4.69, 9.17) is 0 Å². The van der Waals surface area contributed by atoms with Gasteiger partial charge in [-0.3, -0.25) is 19.2 Å². The van der Waals surface area contributed by atoms with Crippen molar-refractivity contribution in [3.8, 4) is 0 Å². The number of fused-ring (bicyclic) bond motifs is 1. The molecule has 10 heteroatoms. The van der Waals surface area contributed by atoms with Crippen LogP contribution in [-0.4, -0.2) is 59.9 Å². The first-order valence-electron chi connectivity index (χ1n) is 15.2. The highest BCUT2D eigenvalue weighted by molar-refractivity contribution is 7.17. The molecule has 0 unspecified atom stereocenters. The number of methoxy groups -OCH3 is 1. The van der Waals surface area contributed by atoms with E-state index in [2.05, 4.69) is 34.4 Å². The Kier molecular flexibility index (Phi) is 13.8. The molecule has 2 aromatic rings. The summed E-state index contributed by atoms with van der Waals surface area (Å²) in [6.45, 7) is 5.59. The molecule has 0 atom stereocenters. The monoisotopic (exact) mass is 598 g/mol. The fourth-order valence-electron chi connectivity index (χ4n) is 5.42. The molecular formula is C32H46N4O5S. The Morgan fingerprint density at radius 1 is 1.17 bits per heavy atom. The van der Waals surface area contributed by atoms with Crippen molar-refractivity contribution in [2.24, 2.45) is 0 Å². The van der Waals surface area contributed by atoms with Crippen molar-refractivity contribution in [2.75, 3.05) is 20.2 Å². The normalized spacial score (nSPS) is 15.1. The van der Waals surface area contributed by atoms with E-state index >= 15 is 0 Å². The molecule has 2 N–H and O–H groups in total. The van der Waals surface area contributed by atoms with Crippen LogP contribution in [0.3, 0.4) is 0 Å². The molecule has 0 bridgehead atoms. The summed E-state index contributed by atoms with van der Waals surface area (Å²) in [5.74, 6) is -0.211. The Bertz CT molecular complexity index is 1250. The molecule has 0 aromatic carbocycles. The first kappa shape index (κ1) is 33.1. The number of rotatable bonds is 13. The Morgan fingerprint density at radius 3 is 2.64 bits per heavy atom. The minimum Gasteiger partial charge on any atom is -0.469 e. The van der Waals surface area contributed by atoms with Gasteiger partial charge in [0.15, 0.2) is 0 Å². The summed E-state index contributed by atoms with van der Waals surface area (Å²) in [4.78, 5) is 48.6. The lowest BCUT2D eigenvalue weighted by atomic mass is 9.95. The number of nitrogens with one attached hydrogen (secondary N) is 2. The molecule has 0 spiro atoms. The molecule has 0 radical (unpaired) electrons. The van der Waals surface area contributed by atoms with Crippen LogP contribution in [0.15, 0.2) is 40.9 Å². The number of likely N-dealkylation sites (N-methyl/N-ethyl adjacent to an activating group) is 1. The maximum Gasteiger partial charge on any atom is 0.305 e. The van der Waals surface area contributed by atoms with Crippen molar-refractivity contribution in [1.29, 1.82) is 0 Å². The lowest BCUT2D eigenvalue weighted by molar-refractivity contribution is -0.140. The molecule has 0 saturated heterocycles. The van der Waals surface area contributed by atoms with Crippen LogP contribution in [0.25, 0.3) is 10.2 Å². The van der Waals surface area contributed by atoms with Crippen molar-refractivity contribution in [1.82, 2.24) is 20.1 Å². The van der Waals surface area contributed by atoms with Crippen LogP contribution in [0.4, 0.5) is 0 Å². The van der Waals surface area contributed by atoms with E-state index in [1.54, 1.807) is 11.3 Å². The number of allylic oxidation sites excluding steroid dienone is 3. The van der Waals surface area contributed by atoms with E-state index in [1.807, 2.05) is 33.9 Å². The Balaban J connectivity index is 0.000000343. The van der Waals surface area contributed by atoms with Gasteiger partial charge in [-0.05, 0) is 76.0 Å². The SMILES string of the molecule is CCN(C(=O)Cn1c(C(=O)NC2CCCCC2)cc2sccc21)C1=CCCC(C)=C1.COC(=O)CCCCCNC=O. The summed E-state index contributed by atoms with van der Waals surface area (Å²) in [5.41, 5.74) is 3.83. The summed E-state index contributed by atoms with van der Waals surface area (Å²) >= 11 is 1.61. The van der Waals surface area contributed by atoms with Gasteiger partial charge in [0, 0.05) is 31.2 Å². The Labute approximate surface area is 253 Å². The van der Waals surface area contributed by atoms with Crippen molar-refractivity contribution in [2.45, 2.75) is 97.1 Å². The van der Waals surface area contributed by atoms with Crippen molar-refractivity contribution >= 4 is 45.7 Å². The number of unbranched alkanes of at least 4 members (excludes halogenated alkanes) is 2. The van der Waals surface area contributed by atoms with E-state index < -0.39 is 0 Å². The quantitative estimate of drug-likeness (QED) is 0.175. The summed E-state index contributed by atoms with van der Waals surface area (Å²) in [6.07, 6.45) is 15.8. The second-order valence-corrected chi connectivity index (χ2v) is 11.8. The van der Waals surface area contributed by atoms with Crippen LogP contribution in [-0.2, 0) is 25.7 Å². The maximum atomic E-state index is 13.3. The number of ether oxygens (including phenoxy) is 1. The molecular weight excluding hydrogens is 552 g/mol. The van der Waals surface area contributed by atoms with E-state index in [0.717, 1.165) is 60.9 Å². The molecule has 0 aliphatic heterocycles. The van der Waals surface area contributed by atoms with Gasteiger partial charge in [0.05, 0.1) is 17.3 Å². The smallest absolute Gasteiger partial charge is 0.305 e. The standard InChI is InChI=1S/C24H31N3O2S.C8H15NO3/c1-3-26(19-11-7-8-17(2)14-19)23(28)16-27-20-12-13-30-22(20)15-21(27)24(29)25-18-9-5-4-6-10-18;1-12-8(11)5-3-2-4-6-9-7-10/h11-15,18H,3-10,16H2,1-2H3,(H,25,29);7H,2-6H2,1H3,(H,9,10). The molecule has 1 saturated carbocycles. The Morgan fingerprint density at radius 2 is 1.95 bits per heavy atom. The minimum absolute atomic E-state index is 0.0186. The number of hydrogen-bond donors (Lipinski definition) is 2. The molecule has 3 amide bonds. The number of hydrogen-bond acceptors (Lipinski definition) is 6. The molecule has 2 heterocycles. The van der Waals surface area contributed by atoms with E-state index in [-0.39, 0.29) is 30.4 Å². The lowest BCUT2D eigenvalue weighted by Crippen LogP contribution is -2.38. The number of thiophene rings is 1. The number of amides is 3. The third kappa shape index (κ3) is 9.86. The van der Waals surface area contributed by atoms with Gasteiger partial charge in [-0.2, -0.15) is 0 Å². The zero-order valence-corrected chi connectivity index (χ0v) is 26.1. The molecule has 2 aliphatic rings. The third-order valence-electron chi connectivity index (χ3n) is 7.72. The molecule has 2 aromatic heterocycles. The maximum absolute atomic E-state index is 13.3. The van der Waals surface area contributed by atoms with E-state index in [0.29, 0.717) is 31.6 Å². The van der Waals surface area contributed by atoms with Crippen LogP contribution in [0, 0.1) is 0 Å². The fraction of sp³-hybridized carbons (Fsp3) is 0.562. The summed E-state index contributed by atoms with van der Waals surface area (Å²) in [5, 5.41) is 7.78. The minimum atomic E-state index is -0.168. The van der Waals surface area contributed by atoms with Gasteiger partial charge in [-0.15, -0.1) is 11.3 Å². The van der Waals surface area contributed by atoms with E-state index in [1.165, 1.54) is 31.9 Å².